The van der Waals surface area contributed by atoms with E-state index in [2.05, 4.69) is 15.9 Å². The molecule has 2 rings (SSSR count). The summed E-state index contributed by atoms with van der Waals surface area (Å²) < 4.78 is 19.0. The van der Waals surface area contributed by atoms with Gasteiger partial charge in [0.05, 0.1) is 11.9 Å². The number of hydrogen-bond acceptors (Lipinski definition) is 1. The quantitative estimate of drug-likeness (QED) is 0.642. The molecule has 0 spiro atoms. The van der Waals surface area contributed by atoms with E-state index in [1.54, 1.807) is 30.3 Å². The molecule has 0 aliphatic heterocycles. The van der Waals surface area contributed by atoms with Crippen LogP contribution in [0.3, 0.4) is 0 Å². The molecule has 0 bridgehead atoms. The van der Waals surface area contributed by atoms with Crippen LogP contribution < -0.4 is 4.74 Å². The molecule has 0 radical (unpaired) electrons. The van der Waals surface area contributed by atoms with E-state index in [0.29, 0.717) is 21.4 Å². The first-order valence-electron chi connectivity index (χ1n) is 5.45. The van der Waals surface area contributed by atoms with E-state index in [-0.39, 0.29) is 10.6 Å². The number of benzene rings is 2. The zero-order valence-electron chi connectivity index (χ0n) is 9.96. The predicted molar refractivity (Wildman–Crippen MR) is 80.2 cm³/mol. The normalized spacial score (nSPS) is 12.3. The van der Waals surface area contributed by atoms with Gasteiger partial charge in [-0.15, -0.1) is 0 Å². The van der Waals surface area contributed by atoms with E-state index in [9.17, 15) is 4.39 Å². The highest BCUT2D eigenvalue weighted by atomic mass is 79.9. The fourth-order valence-corrected chi connectivity index (χ4v) is 3.13. The van der Waals surface area contributed by atoms with Crippen LogP contribution in [0.2, 0.25) is 10.0 Å². The van der Waals surface area contributed by atoms with Gasteiger partial charge in [-0.25, -0.2) is 4.39 Å². The molecule has 0 N–H and O–H groups in total. The summed E-state index contributed by atoms with van der Waals surface area (Å²) in [4.78, 5) is -0.344. The van der Waals surface area contributed by atoms with Crippen molar-refractivity contribution in [3.05, 3.63) is 63.4 Å². The van der Waals surface area contributed by atoms with Crippen molar-refractivity contribution in [3.63, 3.8) is 0 Å². The van der Waals surface area contributed by atoms with E-state index in [1.807, 2.05) is 0 Å². The molecule has 1 nitrogen and oxygen atoms in total. The third-order valence-electron chi connectivity index (χ3n) is 2.72. The van der Waals surface area contributed by atoms with E-state index < -0.39 is 0 Å². The SMILES string of the molecule is COc1ccc(C(Br)c2ccc(Cl)cc2Cl)c(F)c1. The summed E-state index contributed by atoms with van der Waals surface area (Å²) in [6.07, 6.45) is 0. The molecule has 0 aromatic heterocycles. The van der Waals surface area contributed by atoms with E-state index in [0.717, 1.165) is 5.56 Å². The summed E-state index contributed by atoms with van der Waals surface area (Å²) >= 11 is 15.4. The predicted octanol–water partition coefficient (Wildman–Crippen LogP) is 5.63. The van der Waals surface area contributed by atoms with Crippen LogP contribution in [0.5, 0.6) is 5.75 Å². The largest absolute Gasteiger partial charge is 0.497 e. The molecule has 1 unspecified atom stereocenters. The Morgan fingerprint density at radius 3 is 2.37 bits per heavy atom. The molecular weight excluding hydrogens is 354 g/mol. The summed E-state index contributed by atoms with van der Waals surface area (Å²) in [6.45, 7) is 0. The smallest absolute Gasteiger partial charge is 0.131 e. The van der Waals surface area contributed by atoms with Gasteiger partial charge in [-0.2, -0.15) is 0 Å². The number of alkyl halides is 1. The van der Waals surface area contributed by atoms with Crippen LogP contribution in [-0.4, -0.2) is 7.11 Å². The first kappa shape index (κ1) is 14.6. The lowest BCUT2D eigenvalue weighted by molar-refractivity contribution is 0.411. The van der Waals surface area contributed by atoms with E-state index in [4.69, 9.17) is 27.9 Å². The molecule has 0 aliphatic rings. The zero-order chi connectivity index (χ0) is 14.0. The Balaban J connectivity index is 2.41. The molecule has 0 saturated carbocycles. The Kier molecular flexibility index (Phi) is 4.71. The zero-order valence-corrected chi connectivity index (χ0v) is 13.1. The lowest BCUT2D eigenvalue weighted by Gasteiger charge is -2.14. The second-order valence-corrected chi connectivity index (χ2v) is 5.68. The monoisotopic (exact) mass is 362 g/mol. The third kappa shape index (κ3) is 3.22. The molecule has 2 aromatic carbocycles. The average molecular weight is 364 g/mol. The van der Waals surface area contributed by atoms with Crippen LogP contribution in [0, 0.1) is 5.82 Å². The van der Waals surface area contributed by atoms with Crippen LogP contribution in [0.4, 0.5) is 4.39 Å². The molecule has 0 heterocycles. The minimum absolute atomic E-state index is 0.344. The molecule has 0 fully saturated rings. The summed E-state index contributed by atoms with van der Waals surface area (Å²) in [5.41, 5.74) is 1.25. The van der Waals surface area contributed by atoms with Crippen LogP contribution in [0.15, 0.2) is 36.4 Å². The molecule has 2 aromatic rings. The van der Waals surface area contributed by atoms with Crippen LogP contribution in [0.25, 0.3) is 0 Å². The highest BCUT2D eigenvalue weighted by Crippen LogP contribution is 2.38. The number of rotatable bonds is 3. The molecule has 0 saturated heterocycles. The van der Waals surface area contributed by atoms with Crippen LogP contribution in [0.1, 0.15) is 16.0 Å². The van der Waals surface area contributed by atoms with Gasteiger partial charge in [0.15, 0.2) is 0 Å². The standard InChI is InChI=1S/C14H10BrCl2FO/c1-19-9-3-5-11(13(18)7-9)14(15)10-4-2-8(16)6-12(10)17/h2-7,14H,1H3. The fraction of sp³-hybridized carbons (Fsp3) is 0.143. The summed E-state index contributed by atoms with van der Waals surface area (Å²) in [5, 5.41) is 1.04. The minimum atomic E-state index is -0.354. The lowest BCUT2D eigenvalue weighted by Crippen LogP contribution is -1.98. The summed E-state index contributed by atoms with van der Waals surface area (Å²) in [7, 11) is 1.50. The third-order valence-corrected chi connectivity index (χ3v) is 4.27. The molecule has 0 amide bonds. The van der Waals surface area contributed by atoms with Gasteiger partial charge in [0.1, 0.15) is 11.6 Å². The number of halogens is 4. The van der Waals surface area contributed by atoms with Crippen molar-refractivity contribution >= 4 is 39.1 Å². The Bertz CT molecular complexity index is 604. The van der Waals surface area contributed by atoms with Crippen LogP contribution >= 0.6 is 39.1 Å². The Hall–Kier alpha value is -0.770. The van der Waals surface area contributed by atoms with Crippen molar-refractivity contribution in [1.29, 1.82) is 0 Å². The highest BCUT2D eigenvalue weighted by molar-refractivity contribution is 9.09. The van der Waals surface area contributed by atoms with Crippen molar-refractivity contribution in [2.24, 2.45) is 0 Å². The molecule has 0 aliphatic carbocycles. The topological polar surface area (TPSA) is 9.23 Å². The minimum Gasteiger partial charge on any atom is -0.497 e. The van der Waals surface area contributed by atoms with Gasteiger partial charge < -0.3 is 4.74 Å². The van der Waals surface area contributed by atoms with Gasteiger partial charge in [-0.05, 0) is 23.8 Å². The molecule has 100 valence electrons. The summed E-state index contributed by atoms with van der Waals surface area (Å²) in [6, 6.07) is 9.84. The maximum Gasteiger partial charge on any atom is 0.131 e. The highest BCUT2D eigenvalue weighted by Gasteiger charge is 2.18. The van der Waals surface area contributed by atoms with Crippen molar-refractivity contribution < 1.29 is 9.13 Å². The second kappa shape index (κ2) is 6.12. The first-order valence-corrected chi connectivity index (χ1v) is 7.12. The van der Waals surface area contributed by atoms with E-state index >= 15 is 0 Å². The number of methoxy groups -OCH3 is 1. The van der Waals surface area contributed by atoms with Crippen molar-refractivity contribution in [1.82, 2.24) is 0 Å². The molecule has 1 atom stereocenters. The van der Waals surface area contributed by atoms with Crippen LogP contribution in [-0.2, 0) is 0 Å². The van der Waals surface area contributed by atoms with Gasteiger partial charge in [0.2, 0.25) is 0 Å². The Labute approximate surface area is 129 Å². The Morgan fingerprint density at radius 2 is 1.79 bits per heavy atom. The van der Waals surface area contributed by atoms with Gasteiger partial charge in [-0.1, -0.05) is 51.3 Å². The van der Waals surface area contributed by atoms with E-state index in [1.165, 1.54) is 13.2 Å². The average Bonchev–Trinajstić information content (AvgIpc) is 2.37. The van der Waals surface area contributed by atoms with Crippen molar-refractivity contribution in [3.8, 4) is 5.75 Å². The lowest BCUT2D eigenvalue weighted by atomic mass is 10.0. The Morgan fingerprint density at radius 1 is 1.11 bits per heavy atom. The number of ether oxygens (including phenoxy) is 1. The number of hydrogen-bond donors (Lipinski definition) is 0. The van der Waals surface area contributed by atoms with Crippen molar-refractivity contribution in [2.75, 3.05) is 7.11 Å². The van der Waals surface area contributed by atoms with Gasteiger partial charge >= 0.3 is 0 Å². The second-order valence-electron chi connectivity index (χ2n) is 3.92. The fourth-order valence-electron chi connectivity index (χ4n) is 1.71. The van der Waals surface area contributed by atoms with Crippen molar-refractivity contribution in [2.45, 2.75) is 4.83 Å². The van der Waals surface area contributed by atoms with Gasteiger partial charge in [0, 0.05) is 21.7 Å². The van der Waals surface area contributed by atoms with Gasteiger partial charge in [0.25, 0.3) is 0 Å². The maximum absolute atomic E-state index is 14.0. The molecule has 5 heteroatoms. The molecule has 19 heavy (non-hydrogen) atoms. The molecular formula is C14H10BrCl2FO. The summed E-state index contributed by atoms with van der Waals surface area (Å²) in [5.74, 6) is 0.121. The van der Waals surface area contributed by atoms with Gasteiger partial charge in [-0.3, -0.25) is 0 Å². The maximum atomic E-state index is 14.0. The first-order chi connectivity index (χ1) is 9.02.